The molecule has 2 aromatic carbocycles. The molecule has 4 aromatic rings. The number of fused-ring (bicyclic) bond motifs is 2. The molecule has 0 radical (unpaired) electrons. The average molecular weight is 494 g/mol. The number of phenols is 1. The Morgan fingerprint density at radius 1 is 1.16 bits per heavy atom. The van der Waals surface area contributed by atoms with Gasteiger partial charge in [0, 0.05) is 12.4 Å². The van der Waals surface area contributed by atoms with Gasteiger partial charge in [-0.2, -0.15) is 0 Å². The van der Waals surface area contributed by atoms with Gasteiger partial charge in [0.1, 0.15) is 5.58 Å². The molecule has 32 heavy (non-hydrogen) atoms. The molecule has 1 N–H and O–H groups in total. The van der Waals surface area contributed by atoms with Crippen LogP contribution in [0.1, 0.15) is 33.3 Å². The van der Waals surface area contributed by atoms with Crippen LogP contribution in [-0.2, 0) is 0 Å². The van der Waals surface area contributed by atoms with Crippen LogP contribution in [-0.4, -0.2) is 28.1 Å². The molecule has 1 unspecified atom stereocenters. The van der Waals surface area contributed by atoms with Crippen molar-refractivity contribution in [1.29, 1.82) is 0 Å². The number of hydrogen-bond donors (Lipinski definition) is 1. The van der Waals surface area contributed by atoms with Crippen molar-refractivity contribution < 1.29 is 19.1 Å². The number of amides is 1. The third kappa shape index (κ3) is 2.96. The molecule has 0 saturated carbocycles. The van der Waals surface area contributed by atoms with Crippen molar-refractivity contribution in [1.82, 2.24) is 9.97 Å². The SMILES string of the molecule is COc1cc(C2c3c(oc4ccc(C)cc4c3=O)C(=O)N2c2ncccn2)cc(Br)c1O. The number of hydrogen-bond acceptors (Lipinski definition) is 7. The highest BCUT2D eigenvalue weighted by atomic mass is 79.9. The zero-order chi connectivity index (χ0) is 22.6. The summed E-state index contributed by atoms with van der Waals surface area (Å²) < 4.78 is 11.6. The molecular formula is C23H16BrN3O5. The molecule has 1 atom stereocenters. The van der Waals surface area contributed by atoms with Crippen LogP contribution in [0, 0.1) is 6.92 Å². The van der Waals surface area contributed by atoms with E-state index in [9.17, 15) is 14.7 Å². The molecule has 0 fully saturated rings. The molecule has 5 rings (SSSR count). The number of aromatic nitrogens is 2. The lowest BCUT2D eigenvalue weighted by molar-refractivity contribution is 0.0969. The summed E-state index contributed by atoms with van der Waals surface area (Å²) in [5.74, 6) is -0.377. The van der Waals surface area contributed by atoms with E-state index in [1.165, 1.54) is 24.4 Å². The van der Waals surface area contributed by atoms with E-state index in [1.807, 2.05) is 13.0 Å². The van der Waals surface area contributed by atoms with E-state index >= 15 is 0 Å². The van der Waals surface area contributed by atoms with Crippen LogP contribution in [0.5, 0.6) is 11.5 Å². The smallest absolute Gasteiger partial charge is 0.297 e. The van der Waals surface area contributed by atoms with Gasteiger partial charge in [-0.05, 0) is 58.7 Å². The summed E-state index contributed by atoms with van der Waals surface area (Å²) >= 11 is 3.32. The van der Waals surface area contributed by atoms with Crippen LogP contribution in [0.2, 0.25) is 0 Å². The summed E-state index contributed by atoms with van der Waals surface area (Å²) in [5.41, 5.74) is 1.60. The van der Waals surface area contributed by atoms with E-state index in [0.29, 0.717) is 21.0 Å². The van der Waals surface area contributed by atoms with Gasteiger partial charge < -0.3 is 14.3 Å². The van der Waals surface area contributed by atoms with Gasteiger partial charge in [0.15, 0.2) is 16.9 Å². The minimum absolute atomic E-state index is 0.0630. The summed E-state index contributed by atoms with van der Waals surface area (Å²) in [6, 6.07) is 9.17. The van der Waals surface area contributed by atoms with Gasteiger partial charge >= 0.3 is 0 Å². The number of carbonyl (C=O) groups excluding carboxylic acids is 1. The molecule has 0 bridgehead atoms. The van der Waals surface area contributed by atoms with E-state index in [-0.39, 0.29) is 34.2 Å². The van der Waals surface area contributed by atoms with Gasteiger partial charge in [-0.3, -0.25) is 14.5 Å². The number of methoxy groups -OCH3 is 1. The number of ether oxygens (including phenoxy) is 1. The Balaban J connectivity index is 1.85. The number of carbonyl (C=O) groups is 1. The molecular weight excluding hydrogens is 478 g/mol. The lowest BCUT2D eigenvalue weighted by atomic mass is 9.98. The van der Waals surface area contributed by atoms with Gasteiger partial charge in [0.25, 0.3) is 5.91 Å². The van der Waals surface area contributed by atoms with Crippen molar-refractivity contribution in [2.24, 2.45) is 0 Å². The molecule has 0 aliphatic carbocycles. The van der Waals surface area contributed by atoms with Crippen LogP contribution < -0.4 is 15.1 Å². The van der Waals surface area contributed by atoms with Gasteiger partial charge in [0.2, 0.25) is 11.7 Å². The number of halogens is 1. The van der Waals surface area contributed by atoms with Crippen LogP contribution in [0.25, 0.3) is 11.0 Å². The molecule has 1 aliphatic rings. The van der Waals surface area contributed by atoms with Gasteiger partial charge in [-0.15, -0.1) is 0 Å². The van der Waals surface area contributed by atoms with E-state index in [0.717, 1.165) is 5.56 Å². The second-order valence-electron chi connectivity index (χ2n) is 7.35. The van der Waals surface area contributed by atoms with Crippen LogP contribution in [0.3, 0.4) is 0 Å². The number of aromatic hydroxyl groups is 1. The maximum atomic E-state index is 13.6. The number of rotatable bonds is 3. The van der Waals surface area contributed by atoms with Crippen molar-refractivity contribution >= 4 is 38.8 Å². The first-order valence-electron chi connectivity index (χ1n) is 9.65. The Kier molecular flexibility index (Phi) is 4.70. The molecule has 9 heteroatoms. The maximum Gasteiger partial charge on any atom is 0.297 e. The summed E-state index contributed by atoms with van der Waals surface area (Å²) in [7, 11) is 1.42. The molecule has 0 saturated heterocycles. The predicted octanol–water partition coefficient (Wildman–Crippen LogP) is 4.12. The van der Waals surface area contributed by atoms with Gasteiger partial charge in [-0.1, -0.05) is 11.6 Å². The minimum atomic E-state index is -0.883. The van der Waals surface area contributed by atoms with Crippen LogP contribution in [0.4, 0.5) is 5.95 Å². The number of benzene rings is 2. The Hall–Kier alpha value is -3.72. The van der Waals surface area contributed by atoms with Crippen LogP contribution in [0.15, 0.2) is 62.5 Å². The summed E-state index contributed by atoms with van der Waals surface area (Å²) in [5, 5.41) is 10.6. The molecule has 8 nitrogen and oxygen atoms in total. The van der Waals surface area contributed by atoms with Gasteiger partial charge in [0.05, 0.1) is 28.6 Å². The van der Waals surface area contributed by atoms with Crippen molar-refractivity contribution in [2.75, 3.05) is 12.0 Å². The Morgan fingerprint density at radius 2 is 1.91 bits per heavy atom. The highest BCUT2D eigenvalue weighted by molar-refractivity contribution is 9.10. The fourth-order valence-electron chi connectivity index (χ4n) is 3.93. The Morgan fingerprint density at radius 3 is 2.62 bits per heavy atom. The number of nitrogens with zero attached hydrogens (tertiary/aromatic N) is 3. The normalized spacial score (nSPS) is 15.3. The standard InChI is InChI=1S/C23H16BrN3O5/c1-11-4-5-15-13(8-11)19(28)17-18(12-9-14(24)20(29)16(10-12)31-2)27(22(30)21(17)32-15)23-25-6-3-7-26-23/h3-10,18,29H,1-2H3. The fourth-order valence-corrected chi connectivity index (χ4v) is 4.39. The van der Waals surface area contributed by atoms with E-state index in [4.69, 9.17) is 9.15 Å². The highest BCUT2D eigenvalue weighted by Gasteiger charge is 2.45. The molecule has 1 aliphatic heterocycles. The summed E-state index contributed by atoms with van der Waals surface area (Å²) in [4.78, 5) is 36.9. The first-order valence-corrected chi connectivity index (χ1v) is 10.4. The van der Waals surface area contributed by atoms with Gasteiger partial charge in [-0.25, -0.2) is 9.97 Å². The van der Waals surface area contributed by atoms with E-state index in [2.05, 4.69) is 25.9 Å². The Labute approximate surface area is 190 Å². The van der Waals surface area contributed by atoms with Crippen LogP contribution >= 0.6 is 15.9 Å². The third-order valence-electron chi connectivity index (χ3n) is 5.38. The van der Waals surface area contributed by atoms with Crippen molar-refractivity contribution in [3.63, 3.8) is 0 Å². The molecule has 160 valence electrons. The second kappa shape index (κ2) is 7.45. The molecule has 1 amide bonds. The lowest BCUT2D eigenvalue weighted by Gasteiger charge is -2.23. The van der Waals surface area contributed by atoms with E-state index < -0.39 is 11.9 Å². The molecule has 2 aromatic heterocycles. The predicted molar refractivity (Wildman–Crippen MR) is 120 cm³/mol. The maximum absolute atomic E-state index is 13.6. The zero-order valence-electron chi connectivity index (χ0n) is 17.0. The Bertz CT molecular complexity index is 1450. The number of anilines is 1. The first kappa shape index (κ1) is 20.2. The zero-order valence-corrected chi connectivity index (χ0v) is 18.6. The molecule has 0 spiro atoms. The lowest BCUT2D eigenvalue weighted by Crippen LogP contribution is -2.31. The quantitative estimate of drug-likeness (QED) is 0.457. The monoisotopic (exact) mass is 493 g/mol. The number of phenolic OH excluding ortho intramolecular Hbond substituents is 1. The van der Waals surface area contributed by atoms with Crippen molar-refractivity contribution in [2.45, 2.75) is 13.0 Å². The van der Waals surface area contributed by atoms with Crippen molar-refractivity contribution in [3.05, 3.63) is 85.9 Å². The topological polar surface area (TPSA) is 106 Å². The largest absolute Gasteiger partial charge is 0.503 e. The second-order valence-corrected chi connectivity index (χ2v) is 8.21. The third-order valence-corrected chi connectivity index (χ3v) is 5.98. The summed E-state index contributed by atoms with van der Waals surface area (Å²) in [6.07, 6.45) is 3.02. The fraction of sp³-hybridized carbons (Fsp3) is 0.130. The minimum Gasteiger partial charge on any atom is -0.503 e. The summed E-state index contributed by atoms with van der Waals surface area (Å²) in [6.45, 7) is 1.88. The van der Waals surface area contributed by atoms with E-state index in [1.54, 1.807) is 30.3 Å². The molecule has 3 heterocycles. The van der Waals surface area contributed by atoms with Crippen molar-refractivity contribution in [3.8, 4) is 11.5 Å². The highest BCUT2D eigenvalue weighted by Crippen LogP contribution is 2.44. The average Bonchev–Trinajstić information content (AvgIpc) is 3.09. The number of aryl methyl sites for hydroxylation is 1. The first-order chi connectivity index (χ1) is 15.4.